The maximum atomic E-state index is 12.4. The fourth-order valence-corrected chi connectivity index (χ4v) is 2.65. The van der Waals surface area contributed by atoms with Crippen LogP contribution in [0.15, 0.2) is 40.5 Å². The molecule has 2 amide bonds. The SMILES string of the molecule is CC(C)(C)NC(=O)N(CCc1cccs1)Cc1ccoc1. The summed E-state index contributed by atoms with van der Waals surface area (Å²) < 4.78 is 5.09. The first-order chi connectivity index (χ1) is 9.94. The van der Waals surface area contributed by atoms with Crippen molar-refractivity contribution in [2.75, 3.05) is 6.54 Å². The standard InChI is InChI=1S/C16H22N2O2S/c1-16(2,3)17-15(19)18(11-13-7-9-20-12-13)8-6-14-5-4-10-21-14/h4-5,7,9-10,12H,6,8,11H2,1-3H3,(H,17,19). The van der Waals surface area contributed by atoms with Crippen molar-refractivity contribution >= 4 is 17.4 Å². The minimum absolute atomic E-state index is 0.0414. The van der Waals surface area contributed by atoms with Crippen LogP contribution in [0.5, 0.6) is 0 Å². The van der Waals surface area contributed by atoms with Gasteiger partial charge in [-0.25, -0.2) is 4.79 Å². The van der Waals surface area contributed by atoms with E-state index in [-0.39, 0.29) is 11.6 Å². The Kier molecular flexibility index (Phi) is 5.07. The summed E-state index contributed by atoms with van der Waals surface area (Å²) in [5, 5.41) is 5.08. The third-order valence-electron chi connectivity index (χ3n) is 2.93. The summed E-state index contributed by atoms with van der Waals surface area (Å²) >= 11 is 1.72. The average molecular weight is 306 g/mol. The predicted octanol–water partition coefficient (Wildman–Crippen LogP) is 3.89. The van der Waals surface area contributed by atoms with Gasteiger partial charge in [0.15, 0.2) is 0 Å². The van der Waals surface area contributed by atoms with Crippen LogP contribution in [-0.2, 0) is 13.0 Å². The van der Waals surface area contributed by atoms with Crippen molar-refractivity contribution in [1.82, 2.24) is 10.2 Å². The monoisotopic (exact) mass is 306 g/mol. The summed E-state index contributed by atoms with van der Waals surface area (Å²) in [4.78, 5) is 15.5. The summed E-state index contributed by atoms with van der Waals surface area (Å²) in [6.45, 7) is 7.21. The Morgan fingerprint density at radius 3 is 2.76 bits per heavy atom. The molecule has 2 aromatic rings. The summed E-state index contributed by atoms with van der Waals surface area (Å²) in [5.74, 6) is 0. The zero-order chi connectivity index (χ0) is 15.3. The first-order valence-corrected chi connectivity index (χ1v) is 7.92. The third kappa shape index (κ3) is 5.27. The number of furan rings is 1. The minimum Gasteiger partial charge on any atom is -0.472 e. The van der Waals surface area contributed by atoms with E-state index >= 15 is 0 Å². The van der Waals surface area contributed by atoms with Gasteiger partial charge in [-0.05, 0) is 44.7 Å². The number of nitrogens with zero attached hydrogens (tertiary/aromatic N) is 1. The molecule has 0 unspecified atom stereocenters. The second kappa shape index (κ2) is 6.80. The van der Waals surface area contributed by atoms with E-state index in [1.165, 1.54) is 4.88 Å². The Bertz CT molecular complexity index is 541. The van der Waals surface area contributed by atoms with E-state index in [9.17, 15) is 4.79 Å². The van der Waals surface area contributed by atoms with Crippen molar-refractivity contribution in [3.05, 3.63) is 46.5 Å². The molecule has 0 atom stereocenters. The molecule has 0 saturated heterocycles. The van der Waals surface area contributed by atoms with Crippen molar-refractivity contribution in [2.24, 2.45) is 0 Å². The molecule has 2 heterocycles. The van der Waals surface area contributed by atoms with Crippen molar-refractivity contribution in [3.8, 4) is 0 Å². The second-order valence-electron chi connectivity index (χ2n) is 6.06. The number of hydrogen-bond donors (Lipinski definition) is 1. The smallest absolute Gasteiger partial charge is 0.318 e. The third-order valence-corrected chi connectivity index (χ3v) is 3.87. The molecule has 1 N–H and O–H groups in total. The van der Waals surface area contributed by atoms with Crippen molar-refractivity contribution in [3.63, 3.8) is 0 Å². The van der Waals surface area contributed by atoms with Gasteiger partial charge in [-0.2, -0.15) is 0 Å². The largest absolute Gasteiger partial charge is 0.472 e. The van der Waals surface area contributed by atoms with Gasteiger partial charge in [0.25, 0.3) is 0 Å². The lowest BCUT2D eigenvalue weighted by molar-refractivity contribution is 0.186. The number of urea groups is 1. The Morgan fingerprint density at radius 2 is 2.19 bits per heavy atom. The highest BCUT2D eigenvalue weighted by Gasteiger charge is 2.20. The van der Waals surface area contributed by atoms with Crippen LogP contribution in [0.1, 0.15) is 31.2 Å². The maximum absolute atomic E-state index is 12.4. The fraction of sp³-hybridized carbons (Fsp3) is 0.438. The maximum Gasteiger partial charge on any atom is 0.318 e. The predicted molar refractivity (Wildman–Crippen MR) is 85.4 cm³/mol. The summed E-state index contributed by atoms with van der Waals surface area (Å²) in [6, 6.07) is 5.99. The van der Waals surface area contributed by atoms with E-state index < -0.39 is 0 Å². The van der Waals surface area contributed by atoms with Crippen LogP contribution < -0.4 is 5.32 Å². The molecule has 0 saturated carbocycles. The van der Waals surface area contributed by atoms with Crippen LogP contribution in [0.3, 0.4) is 0 Å². The van der Waals surface area contributed by atoms with Gasteiger partial charge >= 0.3 is 6.03 Å². The van der Waals surface area contributed by atoms with E-state index in [1.807, 2.05) is 37.8 Å². The van der Waals surface area contributed by atoms with Gasteiger partial charge in [-0.3, -0.25) is 0 Å². The van der Waals surface area contributed by atoms with E-state index in [0.29, 0.717) is 13.1 Å². The number of amides is 2. The van der Waals surface area contributed by atoms with Crippen molar-refractivity contribution in [2.45, 2.75) is 39.3 Å². The van der Waals surface area contributed by atoms with E-state index in [0.717, 1.165) is 12.0 Å². The molecule has 0 aromatic carbocycles. The van der Waals surface area contributed by atoms with Crippen LogP contribution in [0.25, 0.3) is 0 Å². The number of nitrogens with one attached hydrogen (secondary N) is 1. The summed E-state index contributed by atoms with van der Waals surface area (Å²) in [6.07, 6.45) is 4.18. The van der Waals surface area contributed by atoms with Crippen LogP contribution in [0.4, 0.5) is 4.79 Å². The Balaban J connectivity index is 2.00. The van der Waals surface area contributed by atoms with Gasteiger partial charge in [-0.1, -0.05) is 6.07 Å². The zero-order valence-electron chi connectivity index (χ0n) is 12.8. The van der Waals surface area contributed by atoms with Gasteiger partial charge in [0.2, 0.25) is 0 Å². The molecular weight excluding hydrogens is 284 g/mol. The molecule has 2 rings (SSSR count). The summed E-state index contributed by atoms with van der Waals surface area (Å²) in [5.41, 5.74) is 0.763. The van der Waals surface area contributed by atoms with Crippen LogP contribution in [-0.4, -0.2) is 23.0 Å². The molecule has 0 spiro atoms. The molecule has 0 aliphatic heterocycles. The first-order valence-electron chi connectivity index (χ1n) is 7.04. The fourth-order valence-electron chi connectivity index (χ4n) is 1.96. The normalized spacial score (nSPS) is 11.4. The highest BCUT2D eigenvalue weighted by atomic mass is 32.1. The highest BCUT2D eigenvalue weighted by molar-refractivity contribution is 7.09. The molecule has 0 bridgehead atoms. The van der Waals surface area contributed by atoms with Gasteiger partial charge in [0, 0.05) is 22.5 Å². The molecule has 0 aliphatic carbocycles. The quantitative estimate of drug-likeness (QED) is 0.910. The molecule has 5 heteroatoms. The molecule has 0 fully saturated rings. The number of thiophene rings is 1. The van der Waals surface area contributed by atoms with Crippen molar-refractivity contribution < 1.29 is 9.21 Å². The Labute approximate surface area is 129 Å². The van der Waals surface area contributed by atoms with Gasteiger partial charge in [0.05, 0.1) is 19.1 Å². The molecule has 2 aromatic heterocycles. The molecule has 21 heavy (non-hydrogen) atoms. The summed E-state index contributed by atoms with van der Waals surface area (Å²) in [7, 11) is 0. The van der Waals surface area contributed by atoms with Crippen molar-refractivity contribution in [1.29, 1.82) is 0 Å². The van der Waals surface area contributed by atoms with Crippen LogP contribution in [0.2, 0.25) is 0 Å². The molecule has 4 nitrogen and oxygen atoms in total. The Morgan fingerprint density at radius 1 is 1.38 bits per heavy atom. The van der Waals surface area contributed by atoms with E-state index in [1.54, 1.807) is 23.9 Å². The number of carbonyl (C=O) groups excluding carboxylic acids is 1. The van der Waals surface area contributed by atoms with Crippen LogP contribution >= 0.6 is 11.3 Å². The molecule has 114 valence electrons. The minimum atomic E-state index is -0.241. The van der Waals surface area contributed by atoms with E-state index in [2.05, 4.69) is 16.8 Å². The topological polar surface area (TPSA) is 45.5 Å². The van der Waals surface area contributed by atoms with Gasteiger partial charge in [-0.15, -0.1) is 11.3 Å². The number of rotatable bonds is 5. The Hall–Kier alpha value is -1.75. The molecule has 0 radical (unpaired) electrons. The zero-order valence-corrected chi connectivity index (χ0v) is 13.6. The lowest BCUT2D eigenvalue weighted by atomic mass is 10.1. The highest BCUT2D eigenvalue weighted by Crippen LogP contribution is 2.13. The van der Waals surface area contributed by atoms with Gasteiger partial charge < -0.3 is 14.6 Å². The van der Waals surface area contributed by atoms with E-state index in [4.69, 9.17) is 4.42 Å². The number of hydrogen-bond acceptors (Lipinski definition) is 3. The second-order valence-corrected chi connectivity index (χ2v) is 7.09. The van der Waals surface area contributed by atoms with Crippen LogP contribution in [0, 0.1) is 0 Å². The number of carbonyl (C=O) groups is 1. The first kappa shape index (κ1) is 15.6. The lowest BCUT2D eigenvalue weighted by Crippen LogP contribution is -2.48. The lowest BCUT2D eigenvalue weighted by Gasteiger charge is -2.28. The van der Waals surface area contributed by atoms with Gasteiger partial charge in [0.1, 0.15) is 0 Å². The molecular formula is C16H22N2O2S. The average Bonchev–Trinajstić information content (AvgIpc) is 3.05. The molecule has 0 aliphatic rings.